The highest BCUT2D eigenvalue weighted by Gasteiger charge is 2.35. The SMILES string of the molecule is CCC(=O)N1c2ccccc2-c2nnc(SC)nc2OC1c1ccc(Br)cc1. The van der Waals surface area contributed by atoms with E-state index in [-0.39, 0.29) is 5.91 Å². The largest absolute Gasteiger partial charge is 0.447 e. The number of halogens is 1. The molecule has 0 fully saturated rings. The third kappa shape index (κ3) is 3.38. The second kappa shape index (κ2) is 7.89. The van der Waals surface area contributed by atoms with Crippen molar-refractivity contribution in [3.8, 4) is 17.1 Å². The van der Waals surface area contributed by atoms with E-state index < -0.39 is 6.23 Å². The van der Waals surface area contributed by atoms with Gasteiger partial charge in [-0.2, -0.15) is 4.98 Å². The predicted octanol–water partition coefficient (Wildman–Crippen LogP) is 4.86. The van der Waals surface area contributed by atoms with Gasteiger partial charge in [-0.05, 0) is 24.5 Å². The Morgan fingerprint density at radius 1 is 1.18 bits per heavy atom. The number of nitrogens with zero attached hydrogens (tertiary/aromatic N) is 4. The molecule has 0 spiro atoms. The molecule has 2 aromatic carbocycles. The van der Waals surface area contributed by atoms with Crippen LogP contribution in [0.4, 0.5) is 5.69 Å². The van der Waals surface area contributed by atoms with E-state index in [2.05, 4.69) is 31.1 Å². The Morgan fingerprint density at radius 2 is 1.93 bits per heavy atom. The molecular weight excluding hydrogens is 440 g/mol. The molecule has 0 saturated carbocycles. The van der Waals surface area contributed by atoms with Crippen molar-refractivity contribution in [1.82, 2.24) is 15.2 Å². The molecule has 1 aliphatic heterocycles. The van der Waals surface area contributed by atoms with Gasteiger partial charge in [-0.1, -0.05) is 64.9 Å². The molecule has 0 aliphatic carbocycles. The molecule has 1 unspecified atom stereocenters. The summed E-state index contributed by atoms with van der Waals surface area (Å²) in [5, 5.41) is 9.03. The van der Waals surface area contributed by atoms with E-state index in [1.807, 2.05) is 61.7 Å². The molecule has 2 heterocycles. The highest BCUT2D eigenvalue weighted by Crippen LogP contribution is 2.43. The van der Waals surface area contributed by atoms with Gasteiger partial charge < -0.3 is 4.74 Å². The first-order valence-corrected chi connectivity index (χ1v) is 10.8. The molecule has 4 rings (SSSR count). The number of aromatic nitrogens is 3. The van der Waals surface area contributed by atoms with E-state index in [4.69, 9.17) is 4.74 Å². The van der Waals surface area contributed by atoms with Gasteiger partial charge >= 0.3 is 0 Å². The van der Waals surface area contributed by atoms with E-state index >= 15 is 0 Å². The summed E-state index contributed by atoms with van der Waals surface area (Å²) in [6, 6.07) is 15.3. The number of amides is 1. The van der Waals surface area contributed by atoms with Gasteiger partial charge in [0.25, 0.3) is 0 Å². The fourth-order valence-electron chi connectivity index (χ4n) is 3.08. The van der Waals surface area contributed by atoms with Crippen LogP contribution in [-0.4, -0.2) is 27.3 Å². The number of thioether (sulfide) groups is 1. The predicted molar refractivity (Wildman–Crippen MR) is 112 cm³/mol. The highest BCUT2D eigenvalue weighted by atomic mass is 79.9. The molecular formula is C20H17BrN4O2S. The third-order valence-corrected chi connectivity index (χ3v) is 5.49. The maximum Gasteiger partial charge on any atom is 0.247 e. The lowest BCUT2D eigenvalue weighted by atomic mass is 10.1. The number of para-hydroxylation sites is 1. The first kappa shape index (κ1) is 18.9. The van der Waals surface area contributed by atoms with Crippen LogP contribution in [0.3, 0.4) is 0 Å². The number of rotatable bonds is 3. The molecule has 1 amide bonds. The van der Waals surface area contributed by atoms with Crippen LogP contribution in [0.2, 0.25) is 0 Å². The normalized spacial score (nSPS) is 15.2. The van der Waals surface area contributed by atoms with Crippen LogP contribution in [0.25, 0.3) is 11.3 Å². The molecule has 0 radical (unpaired) electrons. The fourth-order valence-corrected chi connectivity index (χ4v) is 3.65. The van der Waals surface area contributed by atoms with E-state index in [1.165, 1.54) is 11.8 Å². The number of hydrogen-bond donors (Lipinski definition) is 0. The Hall–Kier alpha value is -2.45. The van der Waals surface area contributed by atoms with Crippen molar-refractivity contribution in [2.75, 3.05) is 11.2 Å². The van der Waals surface area contributed by atoms with Crippen LogP contribution >= 0.6 is 27.7 Å². The zero-order chi connectivity index (χ0) is 19.7. The van der Waals surface area contributed by atoms with Gasteiger partial charge in [-0.3, -0.25) is 9.69 Å². The molecule has 3 aromatic rings. The maximum absolute atomic E-state index is 13.0. The zero-order valence-electron chi connectivity index (χ0n) is 15.3. The second-order valence-electron chi connectivity index (χ2n) is 6.11. The number of benzene rings is 2. The standard InChI is InChI=1S/C20H17BrN4O2S/c1-3-16(26)25-15-7-5-4-6-14(15)17-18(22-20(28-2)24-23-17)27-19(25)12-8-10-13(21)11-9-12/h4-11,19H,3H2,1-2H3. The van der Waals surface area contributed by atoms with Crippen LogP contribution in [0.1, 0.15) is 25.1 Å². The second-order valence-corrected chi connectivity index (χ2v) is 7.80. The van der Waals surface area contributed by atoms with Gasteiger partial charge in [0.05, 0.1) is 5.69 Å². The van der Waals surface area contributed by atoms with Gasteiger partial charge in [0.15, 0.2) is 5.69 Å². The average Bonchev–Trinajstić information content (AvgIpc) is 2.88. The van der Waals surface area contributed by atoms with Gasteiger partial charge in [-0.25, -0.2) is 0 Å². The lowest BCUT2D eigenvalue weighted by Crippen LogP contribution is -2.37. The summed E-state index contributed by atoms with van der Waals surface area (Å²) in [5.74, 6) is 0.317. The molecule has 6 nitrogen and oxygen atoms in total. The Labute approximate surface area is 175 Å². The van der Waals surface area contributed by atoms with Crippen LogP contribution < -0.4 is 9.64 Å². The summed E-state index contributed by atoms with van der Waals surface area (Å²) in [6.07, 6.45) is 1.57. The topological polar surface area (TPSA) is 68.2 Å². The fraction of sp³-hybridized carbons (Fsp3) is 0.200. The Kier molecular flexibility index (Phi) is 5.32. The van der Waals surface area contributed by atoms with E-state index in [0.717, 1.165) is 21.3 Å². The number of hydrogen-bond acceptors (Lipinski definition) is 6. The minimum atomic E-state index is -0.658. The highest BCUT2D eigenvalue weighted by molar-refractivity contribution is 9.10. The van der Waals surface area contributed by atoms with Gasteiger partial charge in [0, 0.05) is 22.0 Å². The number of fused-ring (bicyclic) bond motifs is 3. The van der Waals surface area contributed by atoms with Crippen molar-refractivity contribution < 1.29 is 9.53 Å². The molecule has 1 aliphatic rings. The smallest absolute Gasteiger partial charge is 0.247 e. The van der Waals surface area contributed by atoms with Crippen LogP contribution in [0.15, 0.2) is 58.2 Å². The van der Waals surface area contributed by atoms with Gasteiger partial charge in [0.1, 0.15) is 0 Å². The quantitative estimate of drug-likeness (QED) is 0.524. The minimum absolute atomic E-state index is 0.0498. The summed E-state index contributed by atoms with van der Waals surface area (Å²) < 4.78 is 7.26. The van der Waals surface area contributed by atoms with Crippen molar-refractivity contribution in [3.63, 3.8) is 0 Å². The molecule has 0 bridgehead atoms. The molecule has 8 heteroatoms. The number of ether oxygens (including phenoxy) is 1. The summed E-state index contributed by atoms with van der Waals surface area (Å²) >= 11 is 4.85. The van der Waals surface area contributed by atoms with Crippen molar-refractivity contribution in [1.29, 1.82) is 0 Å². The molecule has 0 saturated heterocycles. The number of carbonyl (C=O) groups excluding carboxylic acids is 1. The Morgan fingerprint density at radius 3 is 2.64 bits per heavy atom. The van der Waals surface area contributed by atoms with Crippen molar-refractivity contribution in [2.24, 2.45) is 0 Å². The summed E-state index contributed by atoms with van der Waals surface area (Å²) in [5.41, 5.74) is 2.87. The van der Waals surface area contributed by atoms with Gasteiger partial charge in [0.2, 0.25) is 23.2 Å². The van der Waals surface area contributed by atoms with Crippen LogP contribution in [0.5, 0.6) is 5.88 Å². The third-order valence-electron chi connectivity index (χ3n) is 4.42. The molecule has 0 N–H and O–H groups in total. The van der Waals surface area contributed by atoms with E-state index in [0.29, 0.717) is 23.2 Å². The number of anilines is 1. The lowest BCUT2D eigenvalue weighted by molar-refractivity contribution is -0.120. The minimum Gasteiger partial charge on any atom is -0.447 e. The van der Waals surface area contributed by atoms with E-state index in [1.54, 1.807) is 4.90 Å². The molecule has 1 atom stereocenters. The van der Waals surface area contributed by atoms with Gasteiger partial charge in [-0.15, -0.1) is 10.2 Å². The Balaban J connectivity index is 1.96. The number of carbonyl (C=O) groups is 1. The first-order valence-electron chi connectivity index (χ1n) is 8.74. The molecule has 28 heavy (non-hydrogen) atoms. The summed E-state index contributed by atoms with van der Waals surface area (Å²) in [7, 11) is 0. The maximum atomic E-state index is 13.0. The van der Waals surface area contributed by atoms with Crippen molar-refractivity contribution in [2.45, 2.75) is 24.7 Å². The van der Waals surface area contributed by atoms with Crippen molar-refractivity contribution >= 4 is 39.3 Å². The first-order chi connectivity index (χ1) is 13.6. The Bertz CT molecular complexity index is 1030. The summed E-state index contributed by atoms with van der Waals surface area (Å²) in [4.78, 5) is 19.2. The summed E-state index contributed by atoms with van der Waals surface area (Å²) in [6.45, 7) is 1.84. The molecule has 142 valence electrons. The average molecular weight is 457 g/mol. The van der Waals surface area contributed by atoms with Crippen LogP contribution in [-0.2, 0) is 4.79 Å². The molecule has 1 aromatic heterocycles. The van der Waals surface area contributed by atoms with Crippen molar-refractivity contribution in [3.05, 3.63) is 58.6 Å². The zero-order valence-corrected chi connectivity index (χ0v) is 17.7. The van der Waals surface area contributed by atoms with Crippen LogP contribution in [0, 0.1) is 0 Å². The van der Waals surface area contributed by atoms with E-state index in [9.17, 15) is 4.79 Å². The lowest BCUT2D eigenvalue weighted by Gasteiger charge is -2.30. The monoisotopic (exact) mass is 456 g/mol.